The normalized spacial score (nSPS) is 14.0. The highest BCUT2D eigenvalue weighted by molar-refractivity contribution is 6.59. The largest absolute Gasteiger partial charge is 0.331 e. The minimum absolute atomic E-state index is 0.0354. The second-order valence-corrected chi connectivity index (χ2v) is 8.21. The van der Waals surface area contributed by atoms with Crippen molar-refractivity contribution in [2.24, 2.45) is 0 Å². The van der Waals surface area contributed by atoms with Gasteiger partial charge in [-0.25, -0.2) is 0 Å². The van der Waals surface area contributed by atoms with Crippen LogP contribution in [0.3, 0.4) is 0 Å². The summed E-state index contributed by atoms with van der Waals surface area (Å²) in [6, 6.07) is 0. The number of hydrogen-bond acceptors (Lipinski definition) is 1. The van der Waals surface area contributed by atoms with Crippen LogP contribution in [-0.2, 0) is 0 Å². The summed E-state index contributed by atoms with van der Waals surface area (Å²) in [4.78, 5) is 3.37. The van der Waals surface area contributed by atoms with Gasteiger partial charge in [-0.1, -0.05) is 20.8 Å². The fourth-order valence-corrected chi connectivity index (χ4v) is 2.62. The van der Waals surface area contributed by atoms with Gasteiger partial charge in [0.25, 0.3) is 0 Å². The van der Waals surface area contributed by atoms with Crippen molar-refractivity contribution in [2.75, 3.05) is 6.30 Å². The molecule has 0 aliphatic heterocycles. The molecule has 3 heteroatoms. The van der Waals surface area contributed by atoms with Crippen molar-refractivity contribution in [2.45, 2.75) is 52.1 Å². The molecule has 0 saturated carbocycles. The first-order chi connectivity index (χ1) is 5.17. The van der Waals surface area contributed by atoms with E-state index < -0.39 is 8.96 Å². The van der Waals surface area contributed by atoms with Crippen LogP contribution < -0.4 is 4.98 Å². The third kappa shape index (κ3) is 4.88. The van der Waals surface area contributed by atoms with Gasteiger partial charge in [-0.05, 0) is 25.8 Å². The van der Waals surface area contributed by atoms with Crippen LogP contribution in [0.15, 0.2) is 0 Å². The quantitative estimate of drug-likeness (QED) is 0.660. The Hall–Kier alpha value is 0.107. The van der Waals surface area contributed by atoms with Gasteiger partial charge in [0, 0.05) is 5.54 Å². The fraction of sp³-hybridized carbons (Fsp3) is 1.00. The molecule has 0 rings (SSSR count). The highest BCUT2D eigenvalue weighted by Crippen LogP contribution is 2.26. The Bertz CT molecular complexity index is 134. The molecule has 0 amide bonds. The van der Waals surface area contributed by atoms with E-state index in [4.69, 9.17) is 0 Å². The highest BCUT2D eigenvalue weighted by Gasteiger charge is 2.30. The molecule has 1 nitrogen and oxygen atoms in total. The van der Waals surface area contributed by atoms with Crippen LogP contribution in [0.25, 0.3) is 0 Å². The summed E-state index contributed by atoms with van der Waals surface area (Å²) in [5, 5.41) is 0.0900. The maximum atomic E-state index is 12.7. The molecule has 1 radical (unpaired) electrons. The first-order valence-corrected chi connectivity index (χ1v) is 6.08. The van der Waals surface area contributed by atoms with Crippen molar-refractivity contribution in [3.8, 4) is 0 Å². The van der Waals surface area contributed by atoms with Crippen LogP contribution >= 0.6 is 0 Å². The van der Waals surface area contributed by atoms with Gasteiger partial charge in [0.1, 0.15) is 0 Å². The molecule has 0 unspecified atom stereocenters. The van der Waals surface area contributed by atoms with Gasteiger partial charge in [0.15, 0.2) is 8.96 Å². The Morgan fingerprint density at radius 2 is 1.50 bits per heavy atom. The van der Waals surface area contributed by atoms with Gasteiger partial charge in [-0.3, -0.25) is 4.39 Å². The molecule has 0 aromatic heterocycles. The van der Waals surface area contributed by atoms with E-state index in [1.165, 1.54) is 0 Å². The Balaban J connectivity index is 4.20. The molecular weight excluding hydrogens is 169 g/mol. The highest BCUT2D eigenvalue weighted by atomic mass is 28.3. The van der Waals surface area contributed by atoms with Crippen LogP contribution in [0.1, 0.15) is 41.5 Å². The Labute approximate surface area is 77.4 Å². The summed E-state index contributed by atoms with van der Waals surface area (Å²) in [6.07, 6.45) is -0.203. The molecule has 0 heterocycles. The molecule has 0 aliphatic rings. The fourth-order valence-electron chi connectivity index (χ4n) is 0.874. The zero-order chi connectivity index (χ0) is 9.99. The number of alkyl halides is 1. The summed E-state index contributed by atoms with van der Waals surface area (Å²) in [5.74, 6) is 0. The zero-order valence-corrected chi connectivity index (χ0v) is 10.1. The van der Waals surface area contributed by atoms with E-state index in [9.17, 15) is 4.39 Å². The first-order valence-electron chi connectivity index (χ1n) is 4.37. The lowest BCUT2D eigenvalue weighted by Crippen LogP contribution is -2.52. The second kappa shape index (κ2) is 3.88. The van der Waals surface area contributed by atoms with Crippen LogP contribution in [-0.4, -0.2) is 20.8 Å². The minimum atomic E-state index is -1.07. The summed E-state index contributed by atoms with van der Waals surface area (Å²) in [5.41, 5.74) is 0.0354. The number of nitrogens with one attached hydrogen (secondary N) is 1. The third-order valence-corrected chi connectivity index (χ3v) is 4.69. The lowest BCUT2D eigenvalue weighted by atomic mass is 10.1. The summed E-state index contributed by atoms with van der Waals surface area (Å²) in [7, 11) is -1.07. The standard InChI is InChI=1S/C9H21FNSi/c1-8(2,3)11-12(7-10)9(4,5)6/h11H,7H2,1-6H3. The van der Waals surface area contributed by atoms with Crippen molar-refractivity contribution in [1.29, 1.82) is 0 Å². The molecule has 12 heavy (non-hydrogen) atoms. The Morgan fingerprint density at radius 3 is 1.58 bits per heavy atom. The van der Waals surface area contributed by atoms with Crippen molar-refractivity contribution in [1.82, 2.24) is 4.98 Å². The Kier molecular flexibility index (Phi) is 3.91. The Morgan fingerprint density at radius 1 is 1.08 bits per heavy atom. The monoisotopic (exact) mass is 190 g/mol. The summed E-state index contributed by atoms with van der Waals surface area (Å²) in [6.45, 7) is 12.5. The molecule has 0 bridgehead atoms. The van der Waals surface area contributed by atoms with Crippen LogP contribution in [0.5, 0.6) is 0 Å². The lowest BCUT2D eigenvalue weighted by Gasteiger charge is -2.33. The molecule has 0 saturated heterocycles. The van der Waals surface area contributed by atoms with E-state index in [-0.39, 0.29) is 16.9 Å². The van der Waals surface area contributed by atoms with E-state index in [0.717, 1.165) is 0 Å². The molecule has 1 N–H and O–H groups in total. The molecule has 73 valence electrons. The van der Waals surface area contributed by atoms with Gasteiger partial charge >= 0.3 is 0 Å². The SMILES string of the molecule is CC(C)(C)N[Si](CF)C(C)(C)C. The topological polar surface area (TPSA) is 12.0 Å². The van der Waals surface area contributed by atoms with E-state index in [1.807, 2.05) is 0 Å². The van der Waals surface area contributed by atoms with Crippen molar-refractivity contribution < 1.29 is 4.39 Å². The maximum Gasteiger partial charge on any atom is 0.175 e. The third-order valence-electron chi connectivity index (χ3n) is 1.56. The van der Waals surface area contributed by atoms with Crippen LogP contribution in [0, 0.1) is 0 Å². The van der Waals surface area contributed by atoms with Gasteiger partial charge < -0.3 is 4.98 Å². The number of halogens is 1. The van der Waals surface area contributed by atoms with Crippen LogP contribution in [0.4, 0.5) is 4.39 Å². The molecule has 0 spiro atoms. The minimum Gasteiger partial charge on any atom is -0.331 e. The zero-order valence-electron chi connectivity index (χ0n) is 9.09. The van der Waals surface area contributed by atoms with E-state index in [2.05, 4.69) is 46.5 Å². The predicted molar refractivity (Wildman–Crippen MR) is 54.3 cm³/mol. The number of rotatable bonds is 2. The van der Waals surface area contributed by atoms with Gasteiger partial charge in [-0.15, -0.1) is 0 Å². The van der Waals surface area contributed by atoms with Crippen LogP contribution in [0.2, 0.25) is 5.04 Å². The molecule has 0 aromatic carbocycles. The second-order valence-electron chi connectivity index (χ2n) is 5.24. The molecule has 0 atom stereocenters. The molecule has 0 aliphatic carbocycles. The van der Waals surface area contributed by atoms with Crippen molar-refractivity contribution in [3.05, 3.63) is 0 Å². The van der Waals surface area contributed by atoms with Gasteiger partial charge in [-0.2, -0.15) is 0 Å². The molecule has 0 aromatic rings. The van der Waals surface area contributed by atoms with E-state index in [1.54, 1.807) is 0 Å². The summed E-state index contributed by atoms with van der Waals surface area (Å²) < 4.78 is 12.7. The van der Waals surface area contributed by atoms with Gasteiger partial charge in [0.2, 0.25) is 0 Å². The first kappa shape index (κ1) is 12.1. The average Bonchev–Trinajstić information content (AvgIpc) is 1.78. The van der Waals surface area contributed by atoms with E-state index >= 15 is 0 Å². The van der Waals surface area contributed by atoms with Crippen molar-refractivity contribution >= 4 is 8.96 Å². The molecule has 0 fully saturated rings. The summed E-state index contributed by atoms with van der Waals surface area (Å²) >= 11 is 0. The average molecular weight is 190 g/mol. The lowest BCUT2D eigenvalue weighted by molar-refractivity contribution is 0.478. The smallest absolute Gasteiger partial charge is 0.175 e. The van der Waals surface area contributed by atoms with E-state index in [0.29, 0.717) is 0 Å². The molecular formula is C9H21FNSi. The predicted octanol–water partition coefficient (Wildman–Crippen LogP) is 2.67. The maximum absolute atomic E-state index is 12.7. The van der Waals surface area contributed by atoms with Crippen molar-refractivity contribution in [3.63, 3.8) is 0 Å². The number of hydrogen-bond donors (Lipinski definition) is 1. The van der Waals surface area contributed by atoms with Gasteiger partial charge in [0.05, 0.1) is 6.30 Å².